The number of rotatable bonds is 14. The predicted molar refractivity (Wildman–Crippen MR) is 230 cm³/mol. The molecule has 26 heteroatoms. The van der Waals surface area contributed by atoms with E-state index in [0.29, 0.717) is 0 Å². The van der Waals surface area contributed by atoms with Crippen LogP contribution in [0.3, 0.4) is 0 Å². The summed E-state index contributed by atoms with van der Waals surface area (Å²) in [6, 6.07) is 16.8. The van der Waals surface area contributed by atoms with Gasteiger partial charge in [0.1, 0.15) is 49.4 Å². The lowest BCUT2D eigenvalue weighted by molar-refractivity contribution is -0.410. The highest BCUT2D eigenvalue weighted by atomic mass is 19.2. The van der Waals surface area contributed by atoms with Gasteiger partial charge in [0.15, 0.2) is 104 Å². The average molecular weight is 1150 g/mol. The second-order valence-corrected chi connectivity index (χ2v) is 17.4. The van der Waals surface area contributed by atoms with Crippen LogP contribution < -0.4 is 18.9 Å². The highest BCUT2D eigenvalue weighted by Crippen LogP contribution is 2.62. The molecule has 0 N–H and O–H groups in total. The second kappa shape index (κ2) is 20.3. The first-order valence-electron chi connectivity index (χ1n) is 22.4. The van der Waals surface area contributed by atoms with E-state index in [1.165, 1.54) is 48.5 Å². The minimum Gasteiger partial charge on any atom is -0.489 e. The quantitative estimate of drug-likeness (QED) is 0.0468. The molecule has 414 valence electrons. The molecule has 0 amide bonds. The van der Waals surface area contributed by atoms with Crippen molar-refractivity contribution in [2.45, 2.75) is 37.6 Å². The number of halogens is 20. The molecule has 8 aromatic rings. The minimum atomic E-state index is -2.52. The first-order valence-corrected chi connectivity index (χ1v) is 22.4. The van der Waals surface area contributed by atoms with Crippen LogP contribution in [0.4, 0.5) is 87.8 Å². The summed E-state index contributed by atoms with van der Waals surface area (Å²) >= 11 is 0. The first-order chi connectivity index (χ1) is 38.0. The normalized spacial score (nSPS) is 16.2. The zero-order valence-electron chi connectivity index (χ0n) is 38.9. The highest BCUT2D eigenvalue weighted by molar-refractivity contribution is 5.68. The molecular formula is C54H22F20O6. The Kier molecular flexibility index (Phi) is 13.9. The van der Waals surface area contributed by atoms with Gasteiger partial charge >= 0.3 is 0 Å². The van der Waals surface area contributed by atoms with E-state index in [9.17, 15) is 87.8 Å². The fourth-order valence-electron chi connectivity index (χ4n) is 9.12. The number of benzene rings is 8. The van der Waals surface area contributed by atoms with E-state index in [1.807, 2.05) is 0 Å². The molecule has 1 aliphatic carbocycles. The molecule has 2 heterocycles. The lowest BCUT2D eigenvalue weighted by atomic mass is 9.62. The summed E-state index contributed by atoms with van der Waals surface area (Å²) in [4.78, 5) is 12.6. The van der Waals surface area contributed by atoms with Crippen molar-refractivity contribution in [3.05, 3.63) is 257 Å². The molecule has 8 aromatic carbocycles. The second-order valence-electron chi connectivity index (χ2n) is 17.4. The predicted octanol–water partition coefficient (Wildman–Crippen LogP) is 14.6. The molecule has 80 heavy (non-hydrogen) atoms. The molecule has 11 rings (SSSR count). The molecular weight excluding hydrogens is 1120 g/mol. The van der Waals surface area contributed by atoms with Crippen molar-refractivity contribution in [1.82, 2.24) is 0 Å². The van der Waals surface area contributed by atoms with Gasteiger partial charge in [-0.1, -0.05) is 48.5 Å². The van der Waals surface area contributed by atoms with Crippen molar-refractivity contribution in [2.24, 2.45) is 0 Å². The smallest absolute Gasteiger partial charge is 0.200 e. The van der Waals surface area contributed by atoms with Gasteiger partial charge in [-0.25, -0.2) is 97.6 Å². The van der Waals surface area contributed by atoms with Crippen molar-refractivity contribution in [3.8, 4) is 23.0 Å². The third kappa shape index (κ3) is 8.44. The number of ether oxygens (including phenoxy) is 4. The van der Waals surface area contributed by atoms with E-state index in [0.717, 1.165) is 36.4 Å². The van der Waals surface area contributed by atoms with E-state index < -0.39 is 199 Å². The summed E-state index contributed by atoms with van der Waals surface area (Å²) in [7, 11) is 0. The van der Waals surface area contributed by atoms with Crippen LogP contribution in [0, 0.1) is 116 Å². The molecule has 2 aliphatic heterocycles. The topological polar surface area (TPSA) is 55.4 Å². The first kappa shape index (κ1) is 54.8. The molecule has 0 saturated heterocycles. The van der Waals surface area contributed by atoms with Gasteiger partial charge in [0.2, 0.25) is 23.3 Å². The van der Waals surface area contributed by atoms with Crippen molar-refractivity contribution in [3.63, 3.8) is 0 Å². The highest BCUT2D eigenvalue weighted by Gasteiger charge is 2.61. The lowest BCUT2D eigenvalue weighted by Gasteiger charge is -2.53. The molecule has 0 unspecified atom stereocenters. The Morgan fingerprint density at radius 1 is 0.250 bits per heavy atom. The third-order valence-electron chi connectivity index (χ3n) is 13.0. The zero-order valence-corrected chi connectivity index (χ0v) is 38.9. The van der Waals surface area contributed by atoms with E-state index in [2.05, 4.69) is 0 Å². The van der Waals surface area contributed by atoms with Crippen molar-refractivity contribution in [2.75, 3.05) is 0 Å². The van der Waals surface area contributed by atoms with Crippen LogP contribution in [0.25, 0.3) is 0 Å². The Morgan fingerprint density at radius 2 is 0.425 bits per heavy atom. The average Bonchev–Trinajstić information content (AvgIpc) is 3.59. The molecule has 0 fully saturated rings. The molecule has 0 radical (unpaired) electrons. The van der Waals surface area contributed by atoms with E-state index in [1.54, 1.807) is 0 Å². The molecule has 0 atom stereocenters. The third-order valence-corrected chi connectivity index (χ3v) is 13.0. The molecule has 3 aliphatic rings. The van der Waals surface area contributed by atoms with Crippen molar-refractivity contribution >= 4 is 0 Å². The largest absolute Gasteiger partial charge is 0.489 e. The maximum absolute atomic E-state index is 14.9. The van der Waals surface area contributed by atoms with Crippen LogP contribution in [0.15, 0.2) is 84.9 Å². The Bertz CT molecular complexity index is 3310. The van der Waals surface area contributed by atoms with Crippen LogP contribution in [-0.4, -0.2) is 0 Å². The summed E-state index contributed by atoms with van der Waals surface area (Å²) < 4.78 is 312. The van der Waals surface area contributed by atoms with E-state index in [4.69, 9.17) is 28.7 Å². The number of hydrogen-bond acceptors (Lipinski definition) is 6. The van der Waals surface area contributed by atoms with Crippen LogP contribution in [0.1, 0.15) is 55.6 Å². The van der Waals surface area contributed by atoms with Crippen LogP contribution in [-0.2, 0) is 47.4 Å². The van der Waals surface area contributed by atoms with Crippen molar-refractivity contribution < 1.29 is 117 Å². The van der Waals surface area contributed by atoms with Gasteiger partial charge in [-0.05, 0) is 24.3 Å². The molecule has 0 saturated carbocycles. The Labute approximate surface area is 433 Å². The molecule has 0 aromatic heterocycles. The fraction of sp³-hybridized carbons (Fsp3) is 0.111. The summed E-state index contributed by atoms with van der Waals surface area (Å²) in [6.07, 6.45) is 0. The number of fused-ring (bicyclic) bond motifs is 1. The van der Waals surface area contributed by atoms with Gasteiger partial charge in [0, 0.05) is 45.5 Å². The van der Waals surface area contributed by atoms with E-state index >= 15 is 0 Å². The summed E-state index contributed by atoms with van der Waals surface area (Å²) in [5, 5.41) is 0. The monoisotopic (exact) mass is 1150 g/mol. The summed E-state index contributed by atoms with van der Waals surface area (Å²) in [5.41, 5.74) is -11.1. The van der Waals surface area contributed by atoms with E-state index in [-0.39, 0.29) is 33.4 Å². The Hall–Kier alpha value is -8.52. The lowest BCUT2D eigenvalue weighted by Crippen LogP contribution is -2.53. The summed E-state index contributed by atoms with van der Waals surface area (Å²) in [5.74, 6) is -50.2. The van der Waals surface area contributed by atoms with Gasteiger partial charge in [-0.15, -0.1) is 0 Å². The van der Waals surface area contributed by atoms with Gasteiger partial charge in [-0.2, -0.15) is 0 Å². The summed E-state index contributed by atoms with van der Waals surface area (Å²) in [6.45, 7) is -5.82. The standard InChI is InChI=1S/C54H22F20O6/c55-33-25(34(56)42(64)49(71)41(33)63)15-75-21-9-19(10-22(13-21)76-16-26-35(57)43(65)50(72)44(66)36(26)58)53-29-5-1-2-6-30(29)54(80-79-53,32-8-4-3-7-31(32)53)20-11-23(77-17-27-37(59)45(67)51(73)46(68)38(27)60)14-24(12-20)78-18-28-39(61)47(69)52(74)48(70)40(28)62/h1-14H,15-18H2. The van der Waals surface area contributed by atoms with Crippen LogP contribution in [0.2, 0.25) is 0 Å². The van der Waals surface area contributed by atoms with Gasteiger partial charge in [0.25, 0.3) is 0 Å². The van der Waals surface area contributed by atoms with Crippen LogP contribution in [0.5, 0.6) is 23.0 Å². The number of hydrogen-bond donors (Lipinski definition) is 0. The molecule has 0 spiro atoms. The van der Waals surface area contributed by atoms with Crippen molar-refractivity contribution in [1.29, 1.82) is 0 Å². The van der Waals surface area contributed by atoms with Crippen LogP contribution >= 0.6 is 0 Å². The van der Waals surface area contributed by atoms with Gasteiger partial charge < -0.3 is 18.9 Å². The Balaban J connectivity index is 1.13. The fourth-order valence-corrected chi connectivity index (χ4v) is 9.12. The maximum atomic E-state index is 14.9. The molecule has 2 bridgehead atoms. The molecule has 6 nitrogen and oxygen atoms in total. The van der Waals surface area contributed by atoms with Gasteiger partial charge in [-0.3, -0.25) is 0 Å². The Morgan fingerprint density at radius 3 is 0.613 bits per heavy atom. The zero-order chi connectivity index (χ0) is 57.6. The minimum absolute atomic E-state index is 0.00387. The SMILES string of the molecule is Fc1c(F)c(F)c(COc2cc(OCc3c(F)c(F)c(F)c(F)c3F)cc(C34OOC(c5cc(OCc6c(F)c(F)c(F)c(F)c6F)cc(OCc6c(F)c(F)c(F)c(F)c6F)c5)(c5ccccc53)c3ccccc34)c2)c(F)c1F. The maximum Gasteiger partial charge on any atom is 0.200 e. The van der Waals surface area contributed by atoms with Gasteiger partial charge in [0.05, 0.1) is 22.3 Å².